The first-order valence-corrected chi connectivity index (χ1v) is 6.88. The van der Waals surface area contributed by atoms with E-state index in [4.69, 9.17) is 4.98 Å². The number of rotatable bonds is 0. The summed E-state index contributed by atoms with van der Waals surface area (Å²) in [6, 6.07) is 10.9. The number of benzene rings is 1. The number of nitrogens with one attached hydrogen (secondary N) is 1. The molecule has 3 heterocycles. The molecule has 1 atom stereocenters. The highest BCUT2D eigenvalue weighted by molar-refractivity contribution is 6.09. The highest BCUT2D eigenvalue weighted by Gasteiger charge is 2.21. The Bertz CT molecular complexity index is 785. The minimum atomic E-state index is 0.313. The third-order valence-electron chi connectivity index (χ3n) is 4.08. The first-order valence-electron chi connectivity index (χ1n) is 6.88. The van der Waals surface area contributed by atoms with Gasteiger partial charge in [0.2, 0.25) is 0 Å². The van der Waals surface area contributed by atoms with E-state index in [2.05, 4.69) is 54.1 Å². The van der Waals surface area contributed by atoms with Gasteiger partial charge in [0.1, 0.15) is 0 Å². The third-order valence-corrected chi connectivity index (χ3v) is 4.08. The Labute approximate surface area is 112 Å². The first-order chi connectivity index (χ1) is 9.25. The van der Waals surface area contributed by atoms with Crippen LogP contribution in [0.3, 0.4) is 0 Å². The summed E-state index contributed by atoms with van der Waals surface area (Å²) in [6.45, 7) is 5.30. The minimum absolute atomic E-state index is 0.313. The van der Waals surface area contributed by atoms with E-state index in [-0.39, 0.29) is 0 Å². The second-order valence-electron chi connectivity index (χ2n) is 5.37. The first kappa shape index (κ1) is 11.0. The zero-order valence-corrected chi connectivity index (χ0v) is 11.3. The number of hydrogen-bond donors (Lipinski definition) is 1. The van der Waals surface area contributed by atoms with Gasteiger partial charge in [-0.2, -0.15) is 0 Å². The number of hydrogen-bond acceptors (Lipinski definition) is 2. The topological polar surface area (TPSA) is 29.9 Å². The van der Waals surface area contributed by atoms with Gasteiger partial charge >= 0.3 is 0 Å². The van der Waals surface area contributed by atoms with Gasteiger partial charge in [-0.05, 0) is 26.0 Å². The molecule has 1 N–H and O–H groups in total. The standard InChI is InChI=1S/C16H17N3/c1-10-9-13-12-5-3-4-6-15(12)19-11(2)17-8-7-14(18-10)16(13)19/h3-6,9,11,17H,7-8H2,1-2H3. The average Bonchev–Trinajstić information content (AvgIpc) is 2.63. The fraction of sp³-hybridized carbons (Fsp3) is 0.312. The Morgan fingerprint density at radius 1 is 1.26 bits per heavy atom. The van der Waals surface area contributed by atoms with Crippen molar-refractivity contribution in [3.63, 3.8) is 0 Å². The van der Waals surface area contributed by atoms with Crippen LogP contribution in [0, 0.1) is 6.92 Å². The van der Waals surface area contributed by atoms with Crippen LogP contribution < -0.4 is 5.32 Å². The van der Waals surface area contributed by atoms with Crippen molar-refractivity contribution in [2.75, 3.05) is 6.54 Å². The lowest BCUT2D eigenvalue weighted by Crippen LogP contribution is -2.23. The van der Waals surface area contributed by atoms with Crippen LogP contribution in [-0.2, 0) is 6.42 Å². The molecule has 96 valence electrons. The van der Waals surface area contributed by atoms with Crippen molar-refractivity contribution in [2.45, 2.75) is 26.4 Å². The van der Waals surface area contributed by atoms with Crippen molar-refractivity contribution in [1.29, 1.82) is 0 Å². The zero-order chi connectivity index (χ0) is 13.0. The molecular formula is C16H17N3. The van der Waals surface area contributed by atoms with Crippen LogP contribution in [-0.4, -0.2) is 16.1 Å². The van der Waals surface area contributed by atoms with Gasteiger partial charge in [-0.3, -0.25) is 10.3 Å². The number of nitrogens with zero attached hydrogens (tertiary/aromatic N) is 2. The van der Waals surface area contributed by atoms with Crippen LogP contribution in [0.5, 0.6) is 0 Å². The van der Waals surface area contributed by atoms with E-state index in [0.29, 0.717) is 6.17 Å². The van der Waals surface area contributed by atoms with Crippen molar-refractivity contribution in [3.8, 4) is 0 Å². The quantitative estimate of drug-likeness (QED) is 0.665. The molecule has 1 unspecified atom stereocenters. The molecule has 0 saturated heterocycles. The van der Waals surface area contributed by atoms with E-state index >= 15 is 0 Å². The van der Waals surface area contributed by atoms with Crippen LogP contribution >= 0.6 is 0 Å². The van der Waals surface area contributed by atoms with Crippen molar-refractivity contribution in [3.05, 3.63) is 41.7 Å². The summed E-state index contributed by atoms with van der Waals surface area (Å²) in [5.74, 6) is 0. The smallest absolute Gasteiger partial charge is 0.0817 e. The number of para-hydroxylation sites is 1. The summed E-state index contributed by atoms with van der Waals surface area (Å²) in [6.07, 6.45) is 1.31. The van der Waals surface area contributed by atoms with E-state index in [0.717, 1.165) is 18.7 Å². The minimum Gasteiger partial charge on any atom is -0.323 e. The SMILES string of the molecule is Cc1cc2c3ccccc3n3c2c(n1)CCNC3C. The predicted octanol–water partition coefficient (Wildman–Crippen LogP) is 3.16. The maximum atomic E-state index is 4.76. The lowest BCUT2D eigenvalue weighted by atomic mass is 10.1. The van der Waals surface area contributed by atoms with Crippen molar-refractivity contribution < 1.29 is 0 Å². The largest absolute Gasteiger partial charge is 0.323 e. The Morgan fingerprint density at radius 3 is 3.00 bits per heavy atom. The van der Waals surface area contributed by atoms with Crippen molar-refractivity contribution in [1.82, 2.24) is 14.9 Å². The number of pyridine rings is 1. The molecule has 1 aliphatic rings. The number of aryl methyl sites for hydroxylation is 1. The summed E-state index contributed by atoms with van der Waals surface area (Å²) in [4.78, 5) is 4.76. The molecule has 3 aromatic rings. The molecule has 2 aromatic heterocycles. The van der Waals surface area contributed by atoms with Gasteiger partial charge in [-0.15, -0.1) is 0 Å². The second-order valence-corrected chi connectivity index (χ2v) is 5.37. The highest BCUT2D eigenvalue weighted by Crippen LogP contribution is 2.34. The van der Waals surface area contributed by atoms with Gasteiger partial charge in [-0.25, -0.2) is 0 Å². The molecule has 0 amide bonds. The summed E-state index contributed by atoms with van der Waals surface area (Å²) < 4.78 is 2.40. The van der Waals surface area contributed by atoms with Gasteiger partial charge in [0.15, 0.2) is 0 Å². The monoisotopic (exact) mass is 251 g/mol. The fourth-order valence-electron chi connectivity index (χ4n) is 3.30. The molecule has 0 spiro atoms. The van der Waals surface area contributed by atoms with Crippen LogP contribution in [0.15, 0.2) is 30.3 Å². The van der Waals surface area contributed by atoms with Gasteiger partial charge in [0, 0.05) is 29.4 Å². The molecule has 3 nitrogen and oxygen atoms in total. The Kier molecular flexibility index (Phi) is 2.21. The van der Waals surface area contributed by atoms with Crippen molar-refractivity contribution in [2.24, 2.45) is 0 Å². The maximum absolute atomic E-state index is 4.76. The normalized spacial score (nSPS) is 18.9. The second kappa shape index (κ2) is 3.81. The molecule has 0 bridgehead atoms. The molecule has 0 saturated carbocycles. The van der Waals surface area contributed by atoms with Crippen LogP contribution in [0.2, 0.25) is 0 Å². The highest BCUT2D eigenvalue weighted by atomic mass is 15.2. The van der Waals surface area contributed by atoms with E-state index in [1.807, 2.05) is 0 Å². The molecule has 1 aliphatic heterocycles. The lowest BCUT2D eigenvalue weighted by Gasteiger charge is -2.15. The Morgan fingerprint density at radius 2 is 2.11 bits per heavy atom. The zero-order valence-electron chi connectivity index (χ0n) is 11.3. The van der Waals surface area contributed by atoms with Crippen LogP contribution in [0.25, 0.3) is 21.8 Å². The average molecular weight is 251 g/mol. The van der Waals surface area contributed by atoms with E-state index in [9.17, 15) is 0 Å². The third kappa shape index (κ3) is 1.45. The summed E-state index contributed by atoms with van der Waals surface area (Å²) in [5.41, 5.74) is 4.94. The van der Waals surface area contributed by atoms with Gasteiger partial charge in [0.05, 0.1) is 22.9 Å². The van der Waals surface area contributed by atoms with Crippen molar-refractivity contribution >= 4 is 21.8 Å². The molecule has 1 aromatic carbocycles. The Hall–Kier alpha value is -1.87. The van der Waals surface area contributed by atoms with Crippen LogP contribution in [0.1, 0.15) is 24.5 Å². The predicted molar refractivity (Wildman–Crippen MR) is 78.4 cm³/mol. The van der Waals surface area contributed by atoms with Crippen LogP contribution in [0.4, 0.5) is 0 Å². The molecule has 3 heteroatoms. The summed E-state index contributed by atoms with van der Waals surface area (Å²) in [7, 11) is 0. The van der Waals surface area contributed by atoms with Gasteiger partial charge in [0.25, 0.3) is 0 Å². The number of fused-ring (bicyclic) bond motifs is 3. The molecule has 0 fully saturated rings. The molecule has 0 radical (unpaired) electrons. The Balaban J connectivity index is 2.29. The lowest BCUT2D eigenvalue weighted by molar-refractivity contribution is 0.472. The maximum Gasteiger partial charge on any atom is 0.0817 e. The van der Waals surface area contributed by atoms with E-state index < -0.39 is 0 Å². The fourth-order valence-corrected chi connectivity index (χ4v) is 3.30. The van der Waals surface area contributed by atoms with Gasteiger partial charge < -0.3 is 4.57 Å². The molecule has 0 aliphatic carbocycles. The summed E-state index contributed by atoms with van der Waals surface area (Å²) in [5, 5.41) is 6.25. The molecular weight excluding hydrogens is 234 g/mol. The van der Waals surface area contributed by atoms with E-state index in [1.54, 1.807) is 0 Å². The van der Waals surface area contributed by atoms with E-state index in [1.165, 1.54) is 27.5 Å². The summed E-state index contributed by atoms with van der Waals surface area (Å²) >= 11 is 0. The molecule has 19 heavy (non-hydrogen) atoms. The molecule has 4 rings (SSSR count). The number of aromatic nitrogens is 2. The van der Waals surface area contributed by atoms with Gasteiger partial charge in [-0.1, -0.05) is 18.2 Å².